The van der Waals surface area contributed by atoms with E-state index < -0.39 is 0 Å². The SMILES string of the molecule is CCN1CCC(n2cc(-c3c[nH]c4ncc(-c5cc(C)c(N6CCOCC6)c(C)c5)cc34)cn2)CC1. The smallest absolute Gasteiger partial charge is 0.137 e. The second kappa shape index (κ2) is 9.71. The van der Waals surface area contributed by atoms with Crippen LogP contribution in [0.15, 0.2) is 43.0 Å². The number of aromatic nitrogens is 4. The maximum Gasteiger partial charge on any atom is 0.137 e. The lowest BCUT2D eigenvalue weighted by molar-refractivity contribution is 0.122. The Labute approximate surface area is 213 Å². The van der Waals surface area contributed by atoms with Crippen molar-refractivity contribution in [3.05, 3.63) is 54.1 Å². The van der Waals surface area contributed by atoms with Crippen LogP contribution in [0.1, 0.15) is 36.9 Å². The standard InChI is InChI=1S/C29H36N6O/c1-4-33-7-5-25(6-8-33)35-19-24(17-32-35)27-18-31-29-26(27)15-23(16-30-29)22-13-20(2)28(21(3)14-22)34-9-11-36-12-10-34/h13-19,25H,4-12H2,1-3H3,(H,30,31). The number of fused-ring (bicyclic) bond motifs is 1. The molecule has 2 saturated heterocycles. The first-order valence-electron chi connectivity index (χ1n) is 13.3. The predicted molar refractivity (Wildman–Crippen MR) is 146 cm³/mol. The summed E-state index contributed by atoms with van der Waals surface area (Å²) in [6, 6.07) is 7.35. The topological polar surface area (TPSA) is 62.2 Å². The number of rotatable bonds is 5. The van der Waals surface area contributed by atoms with E-state index >= 15 is 0 Å². The number of anilines is 1. The van der Waals surface area contributed by atoms with E-state index in [4.69, 9.17) is 14.8 Å². The van der Waals surface area contributed by atoms with E-state index in [9.17, 15) is 0 Å². The van der Waals surface area contributed by atoms with Crippen molar-refractivity contribution in [3.8, 4) is 22.3 Å². The van der Waals surface area contributed by atoms with Gasteiger partial charge in [0.15, 0.2) is 0 Å². The number of nitrogens with one attached hydrogen (secondary N) is 1. The molecular formula is C29H36N6O. The average Bonchev–Trinajstić information content (AvgIpc) is 3.56. The van der Waals surface area contributed by atoms with Crippen molar-refractivity contribution in [1.29, 1.82) is 0 Å². The Bertz CT molecular complexity index is 1330. The summed E-state index contributed by atoms with van der Waals surface area (Å²) in [7, 11) is 0. The van der Waals surface area contributed by atoms with Crippen LogP contribution in [0.2, 0.25) is 0 Å². The molecule has 36 heavy (non-hydrogen) atoms. The molecule has 1 N–H and O–H groups in total. The predicted octanol–water partition coefficient (Wildman–Crippen LogP) is 5.20. The van der Waals surface area contributed by atoms with E-state index in [1.54, 1.807) is 0 Å². The van der Waals surface area contributed by atoms with Crippen LogP contribution in [0.5, 0.6) is 0 Å². The number of piperidine rings is 1. The number of likely N-dealkylation sites (tertiary alicyclic amines) is 1. The molecule has 7 nitrogen and oxygen atoms in total. The molecule has 0 bridgehead atoms. The Morgan fingerprint density at radius 2 is 1.69 bits per heavy atom. The van der Waals surface area contributed by atoms with Gasteiger partial charge < -0.3 is 19.5 Å². The van der Waals surface area contributed by atoms with Crippen LogP contribution in [0.4, 0.5) is 5.69 Å². The van der Waals surface area contributed by atoms with Gasteiger partial charge in [0.05, 0.1) is 25.5 Å². The number of benzene rings is 1. The Morgan fingerprint density at radius 3 is 2.42 bits per heavy atom. The number of aryl methyl sites for hydroxylation is 2. The highest BCUT2D eigenvalue weighted by Crippen LogP contribution is 2.35. The Hall–Kier alpha value is -3.16. The molecule has 0 aliphatic carbocycles. The number of H-pyrrole nitrogens is 1. The van der Waals surface area contributed by atoms with Gasteiger partial charge in [-0.1, -0.05) is 6.92 Å². The summed E-state index contributed by atoms with van der Waals surface area (Å²) in [4.78, 5) is 13.1. The molecule has 188 valence electrons. The molecule has 0 unspecified atom stereocenters. The minimum atomic E-state index is 0.483. The molecule has 7 heteroatoms. The van der Waals surface area contributed by atoms with Gasteiger partial charge in [-0.3, -0.25) is 4.68 Å². The van der Waals surface area contributed by atoms with Crippen molar-refractivity contribution < 1.29 is 4.74 Å². The van der Waals surface area contributed by atoms with Crippen molar-refractivity contribution in [2.75, 3.05) is 50.8 Å². The van der Waals surface area contributed by atoms with Crippen LogP contribution in [-0.2, 0) is 4.74 Å². The first-order valence-corrected chi connectivity index (χ1v) is 13.3. The number of morpholine rings is 1. The highest BCUT2D eigenvalue weighted by Gasteiger charge is 2.21. The van der Waals surface area contributed by atoms with Crippen molar-refractivity contribution in [3.63, 3.8) is 0 Å². The van der Waals surface area contributed by atoms with Gasteiger partial charge in [-0.15, -0.1) is 0 Å². The zero-order chi connectivity index (χ0) is 24.6. The van der Waals surface area contributed by atoms with E-state index in [0.29, 0.717) is 6.04 Å². The van der Waals surface area contributed by atoms with Gasteiger partial charge in [0.2, 0.25) is 0 Å². The van der Waals surface area contributed by atoms with Crippen molar-refractivity contribution >= 4 is 16.7 Å². The highest BCUT2D eigenvalue weighted by molar-refractivity contribution is 5.95. The summed E-state index contributed by atoms with van der Waals surface area (Å²) in [5, 5.41) is 5.90. The zero-order valence-electron chi connectivity index (χ0n) is 21.6. The zero-order valence-corrected chi connectivity index (χ0v) is 21.6. The van der Waals surface area contributed by atoms with E-state index in [1.165, 1.54) is 22.4 Å². The maximum atomic E-state index is 5.56. The van der Waals surface area contributed by atoms with Gasteiger partial charge in [-0.05, 0) is 68.1 Å². The molecule has 0 amide bonds. The van der Waals surface area contributed by atoms with Gasteiger partial charge in [-0.2, -0.15) is 5.10 Å². The van der Waals surface area contributed by atoms with Crippen molar-refractivity contribution in [2.24, 2.45) is 0 Å². The maximum absolute atomic E-state index is 5.56. The number of aromatic amines is 1. The normalized spacial score (nSPS) is 17.8. The second-order valence-electron chi connectivity index (χ2n) is 10.3. The van der Waals surface area contributed by atoms with Gasteiger partial charge in [-0.25, -0.2) is 4.98 Å². The van der Waals surface area contributed by atoms with Crippen LogP contribution in [-0.4, -0.2) is 70.6 Å². The summed E-state index contributed by atoms with van der Waals surface area (Å²) < 4.78 is 7.74. The third-order valence-corrected chi connectivity index (χ3v) is 7.97. The second-order valence-corrected chi connectivity index (χ2v) is 10.3. The summed E-state index contributed by atoms with van der Waals surface area (Å²) in [5.74, 6) is 0. The molecule has 6 rings (SSSR count). The van der Waals surface area contributed by atoms with E-state index in [0.717, 1.165) is 86.5 Å². The Morgan fingerprint density at radius 1 is 0.944 bits per heavy atom. The average molecular weight is 485 g/mol. The molecule has 3 aromatic heterocycles. The summed E-state index contributed by atoms with van der Waals surface area (Å²) in [6.07, 6.45) is 10.6. The molecule has 0 atom stereocenters. The molecule has 4 aromatic rings. The molecule has 0 radical (unpaired) electrons. The molecule has 2 fully saturated rings. The summed E-state index contributed by atoms with van der Waals surface area (Å²) in [5.41, 5.74) is 9.52. The third-order valence-electron chi connectivity index (χ3n) is 7.97. The molecule has 0 saturated carbocycles. The number of ether oxygens (including phenoxy) is 1. The quantitative estimate of drug-likeness (QED) is 0.422. The fourth-order valence-corrected chi connectivity index (χ4v) is 5.99. The van der Waals surface area contributed by atoms with Crippen LogP contribution in [0.25, 0.3) is 33.3 Å². The van der Waals surface area contributed by atoms with E-state index in [2.05, 4.69) is 70.8 Å². The lowest BCUT2D eigenvalue weighted by Crippen LogP contribution is -2.37. The number of hydrogen-bond acceptors (Lipinski definition) is 5. The fourth-order valence-electron chi connectivity index (χ4n) is 5.99. The van der Waals surface area contributed by atoms with Gasteiger partial charge in [0.25, 0.3) is 0 Å². The number of nitrogens with zero attached hydrogens (tertiary/aromatic N) is 5. The Balaban J connectivity index is 1.30. The molecular weight excluding hydrogens is 448 g/mol. The minimum Gasteiger partial charge on any atom is -0.378 e. The fraction of sp³-hybridized carbons (Fsp3) is 0.448. The van der Waals surface area contributed by atoms with Crippen LogP contribution < -0.4 is 4.90 Å². The lowest BCUT2D eigenvalue weighted by atomic mass is 9.98. The highest BCUT2D eigenvalue weighted by atomic mass is 16.5. The Kier molecular flexibility index (Phi) is 6.27. The van der Waals surface area contributed by atoms with E-state index in [-0.39, 0.29) is 0 Å². The van der Waals surface area contributed by atoms with Gasteiger partial charge in [0, 0.05) is 72.5 Å². The molecule has 5 heterocycles. The van der Waals surface area contributed by atoms with Gasteiger partial charge in [0.1, 0.15) is 5.65 Å². The first kappa shape index (κ1) is 23.3. The first-order chi connectivity index (χ1) is 17.6. The monoisotopic (exact) mass is 484 g/mol. The van der Waals surface area contributed by atoms with E-state index in [1.807, 2.05) is 12.4 Å². The number of pyridine rings is 1. The molecule has 0 spiro atoms. The minimum absolute atomic E-state index is 0.483. The van der Waals surface area contributed by atoms with Crippen LogP contribution in [0, 0.1) is 13.8 Å². The largest absolute Gasteiger partial charge is 0.378 e. The third kappa shape index (κ3) is 4.31. The van der Waals surface area contributed by atoms with Crippen LogP contribution >= 0.6 is 0 Å². The molecule has 2 aliphatic heterocycles. The number of hydrogen-bond donors (Lipinski definition) is 1. The summed E-state index contributed by atoms with van der Waals surface area (Å²) >= 11 is 0. The lowest BCUT2D eigenvalue weighted by Gasteiger charge is -2.31. The molecule has 1 aromatic carbocycles. The van der Waals surface area contributed by atoms with Crippen molar-refractivity contribution in [2.45, 2.75) is 39.7 Å². The van der Waals surface area contributed by atoms with Crippen LogP contribution in [0.3, 0.4) is 0 Å². The summed E-state index contributed by atoms with van der Waals surface area (Å²) in [6.45, 7) is 13.6. The van der Waals surface area contributed by atoms with Crippen molar-refractivity contribution in [1.82, 2.24) is 24.6 Å². The van der Waals surface area contributed by atoms with Gasteiger partial charge >= 0.3 is 0 Å². The molecule has 2 aliphatic rings.